The predicted octanol–water partition coefficient (Wildman–Crippen LogP) is 6.64. The van der Waals surface area contributed by atoms with Gasteiger partial charge in [-0.1, -0.05) is 61.3 Å². The number of benzene rings is 2. The third-order valence-corrected chi connectivity index (χ3v) is 9.89. The van der Waals surface area contributed by atoms with Crippen molar-refractivity contribution in [2.45, 2.75) is 33.2 Å². The molecule has 10 heteroatoms. The van der Waals surface area contributed by atoms with Gasteiger partial charge in [-0.05, 0) is 67.2 Å². The molecule has 2 aromatic carbocycles. The second kappa shape index (κ2) is 9.93. The molecule has 3 aliphatic rings. The molecule has 3 aromatic rings. The number of nitrogens with zero attached hydrogens (tertiary/aromatic N) is 5. The van der Waals surface area contributed by atoms with E-state index in [9.17, 15) is 8.42 Å². The number of amidine groups is 1. The largest absolute Gasteiger partial charge is 0.320 e. The second-order valence-corrected chi connectivity index (χ2v) is 13.4. The zero-order chi connectivity index (χ0) is 27.5. The molecule has 0 unspecified atom stereocenters. The molecule has 0 saturated carbocycles. The van der Waals surface area contributed by atoms with Gasteiger partial charge >= 0.3 is 0 Å². The van der Waals surface area contributed by atoms with Crippen LogP contribution in [0.5, 0.6) is 0 Å². The zero-order valence-corrected chi connectivity index (χ0v) is 24.2. The van der Waals surface area contributed by atoms with E-state index >= 15 is 0 Å². The maximum absolute atomic E-state index is 13.8. The maximum atomic E-state index is 13.8. The van der Waals surface area contributed by atoms with Crippen molar-refractivity contribution < 1.29 is 8.42 Å². The van der Waals surface area contributed by atoms with Crippen LogP contribution in [0.2, 0.25) is 10.0 Å². The average molecular weight is 583 g/mol. The Hall–Kier alpha value is -2.91. The minimum absolute atomic E-state index is 0.231. The Kier molecular flexibility index (Phi) is 6.70. The summed E-state index contributed by atoms with van der Waals surface area (Å²) in [4.78, 5) is 7.10. The molecular weight excluding hydrogens is 553 g/mol. The highest BCUT2D eigenvalue weighted by Gasteiger charge is 2.39. The van der Waals surface area contributed by atoms with Gasteiger partial charge in [-0.3, -0.25) is 0 Å². The number of hydrogen-bond donors (Lipinski definition) is 0. The van der Waals surface area contributed by atoms with E-state index < -0.39 is 16.1 Å². The molecule has 1 saturated heterocycles. The standard InChI is InChI=1S/C29H29Cl2N5O2S/c1-18-13-19(2)16-34(15-18)39(37,38)23-10-12-26-32-29-27(20(3)33-36(29)22-7-5-4-6-8-22)28(35(26)17-23)24-11-9-21(30)14-25(24)31/h4-12,14,17-19,28H,13,15-16H2,1-3H3/t18-,19+,28-/m0/s1. The normalized spacial score (nSPS) is 23.2. The number of halogens is 2. The van der Waals surface area contributed by atoms with E-state index in [2.05, 4.69) is 13.8 Å². The van der Waals surface area contributed by atoms with Gasteiger partial charge in [0.1, 0.15) is 5.84 Å². The van der Waals surface area contributed by atoms with Crippen molar-refractivity contribution in [2.75, 3.05) is 13.1 Å². The minimum Gasteiger partial charge on any atom is -0.320 e. The number of allylic oxidation sites excluding steroid dienone is 1. The first kappa shape index (κ1) is 26.3. The molecule has 0 spiro atoms. The SMILES string of the molecule is Cc1nn(-c2ccccc2)c2c1[C@H](c1ccc(Cl)cc1Cl)N1C=C(S(=O)(=O)N3C[C@H](C)C[C@H](C)C3)C=CC1=N2. The lowest BCUT2D eigenvalue weighted by Crippen LogP contribution is -2.44. The van der Waals surface area contributed by atoms with Crippen LogP contribution in [0.4, 0.5) is 5.82 Å². The summed E-state index contributed by atoms with van der Waals surface area (Å²) in [5.74, 6) is 1.90. The van der Waals surface area contributed by atoms with E-state index in [0.717, 1.165) is 28.9 Å². The van der Waals surface area contributed by atoms with Gasteiger partial charge in [0.2, 0.25) is 10.0 Å². The van der Waals surface area contributed by atoms with E-state index in [4.69, 9.17) is 33.3 Å². The summed E-state index contributed by atoms with van der Waals surface area (Å²) in [7, 11) is -3.71. The van der Waals surface area contributed by atoms with E-state index in [1.54, 1.807) is 34.8 Å². The van der Waals surface area contributed by atoms with Crippen molar-refractivity contribution in [3.05, 3.63) is 98.7 Å². The molecule has 0 bridgehead atoms. The second-order valence-electron chi connectivity index (χ2n) is 10.6. The van der Waals surface area contributed by atoms with Crippen LogP contribution in [0.15, 0.2) is 76.8 Å². The zero-order valence-electron chi connectivity index (χ0n) is 21.9. The van der Waals surface area contributed by atoms with Crippen LogP contribution in [0, 0.1) is 18.8 Å². The quantitative estimate of drug-likeness (QED) is 0.346. The highest BCUT2D eigenvalue weighted by Crippen LogP contribution is 2.46. The van der Waals surface area contributed by atoms with Gasteiger partial charge < -0.3 is 4.90 Å². The first-order valence-electron chi connectivity index (χ1n) is 13.0. The summed E-state index contributed by atoms with van der Waals surface area (Å²) in [6, 6.07) is 14.8. The highest BCUT2D eigenvalue weighted by atomic mass is 35.5. The Morgan fingerprint density at radius 3 is 2.38 bits per heavy atom. The van der Waals surface area contributed by atoms with E-state index in [1.807, 2.05) is 52.9 Å². The number of hydrogen-bond acceptors (Lipinski definition) is 5. The van der Waals surface area contributed by atoms with Gasteiger partial charge in [-0.25, -0.2) is 18.1 Å². The number of aromatic nitrogens is 2. The van der Waals surface area contributed by atoms with Crippen molar-refractivity contribution in [3.8, 4) is 5.69 Å². The molecule has 1 aromatic heterocycles. The van der Waals surface area contributed by atoms with Crippen LogP contribution in [0.3, 0.4) is 0 Å². The van der Waals surface area contributed by atoms with Gasteiger partial charge in [-0.15, -0.1) is 0 Å². The summed E-state index contributed by atoms with van der Waals surface area (Å²) in [5.41, 5.74) is 3.30. The van der Waals surface area contributed by atoms with Crippen LogP contribution in [-0.4, -0.2) is 46.3 Å². The molecule has 7 nitrogen and oxygen atoms in total. The summed E-state index contributed by atoms with van der Waals surface area (Å²) in [6.07, 6.45) is 6.13. The minimum atomic E-state index is -3.71. The number of rotatable bonds is 4. The summed E-state index contributed by atoms with van der Waals surface area (Å²) >= 11 is 13.0. The Labute approximate surface area is 239 Å². The molecule has 0 radical (unpaired) electrons. The number of aryl methyl sites for hydroxylation is 1. The fourth-order valence-corrected chi connectivity index (χ4v) is 8.07. The summed E-state index contributed by atoms with van der Waals surface area (Å²) in [6.45, 7) is 7.17. The molecule has 39 heavy (non-hydrogen) atoms. The highest BCUT2D eigenvalue weighted by molar-refractivity contribution is 7.93. The molecule has 0 N–H and O–H groups in total. The Morgan fingerprint density at radius 2 is 1.69 bits per heavy atom. The first-order valence-corrected chi connectivity index (χ1v) is 15.2. The summed E-state index contributed by atoms with van der Waals surface area (Å²) < 4.78 is 31.1. The molecular formula is C29H29Cl2N5O2S. The lowest BCUT2D eigenvalue weighted by atomic mass is 9.94. The molecule has 3 atom stereocenters. The van der Waals surface area contributed by atoms with Crippen molar-refractivity contribution in [3.63, 3.8) is 0 Å². The van der Waals surface area contributed by atoms with E-state index in [0.29, 0.717) is 46.6 Å². The Bertz CT molecular complexity index is 1640. The maximum Gasteiger partial charge on any atom is 0.244 e. The van der Waals surface area contributed by atoms with E-state index in [-0.39, 0.29) is 4.91 Å². The number of fused-ring (bicyclic) bond motifs is 2. The van der Waals surface area contributed by atoms with Crippen molar-refractivity contribution in [1.29, 1.82) is 0 Å². The number of aliphatic imine (C=N–C) groups is 1. The van der Waals surface area contributed by atoms with Gasteiger partial charge in [-0.2, -0.15) is 9.40 Å². The number of para-hydroxylation sites is 1. The molecule has 0 aliphatic carbocycles. The molecule has 202 valence electrons. The smallest absolute Gasteiger partial charge is 0.244 e. The topological polar surface area (TPSA) is 70.8 Å². The average Bonchev–Trinajstić information content (AvgIpc) is 3.23. The lowest BCUT2D eigenvalue weighted by molar-refractivity contribution is 0.224. The molecule has 6 rings (SSSR count). The molecule has 1 fully saturated rings. The van der Waals surface area contributed by atoms with Crippen molar-refractivity contribution >= 4 is 44.9 Å². The Morgan fingerprint density at radius 1 is 0.974 bits per heavy atom. The number of piperidine rings is 1. The Balaban J connectivity index is 1.51. The van der Waals surface area contributed by atoms with Crippen LogP contribution in [-0.2, 0) is 10.0 Å². The van der Waals surface area contributed by atoms with Crippen LogP contribution >= 0.6 is 23.2 Å². The fourth-order valence-electron chi connectivity index (χ4n) is 5.87. The molecule has 4 heterocycles. The third kappa shape index (κ3) is 4.63. The summed E-state index contributed by atoms with van der Waals surface area (Å²) in [5, 5.41) is 5.85. The van der Waals surface area contributed by atoms with Gasteiger partial charge in [0.05, 0.1) is 22.3 Å². The van der Waals surface area contributed by atoms with E-state index in [1.165, 1.54) is 0 Å². The fraction of sp³-hybridized carbons (Fsp3) is 0.310. The van der Waals surface area contributed by atoms with Crippen molar-refractivity contribution in [2.24, 2.45) is 16.8 Å². The third-order valence-electron chi connectivity index (χ3n) is 7.51. The van der Waals surface area contributed by atoms with Gasteiger partial charge in [0, 0.05) is 34.9 Å². The number of sulfonamides is 1. The van der Waals surface area contributed by atoms with Gasteiger partial charge in [0.25, 0.3) is 0 Å². The van der Waals surface area contributed by atoms with Crippen LogP contribution < -0.4 is 0 Å². The van der Waals surface area contributed by atoms with Crippen LogP contribution in [0.25, 0.3) is 5.69 Å². The van der Waals surface area contributed by atoms with Crippen molar-refractivity contribution in [1.82, 2.24) is 19.0 Å². The molecule has 3 aliphatic heterocycles. The molecule has 0 amide bonds. The predicted molar refractivity (Wildman–Crippen MR) is 156 cm³/mol. The van der Waals surface area contributed by atoms with Gasteiger partial charge in [0.15, 0.2) is 5.82 Å². The lowest BCUT2D eigenvalue weighted by Gasteiger charge is -2.38. The first-order chi connectivity index (χ1) is 18.6. The monoisotopic (exact) mass is 581 g/mol. The van der Waals surface area contributed by atoms with Crippen LogP contribution in [0.1, 0.15) is 43.1 Å².